The van der Waals surface area contributed by atoms with Crippen molar-refractivity contribution >= 4 is 6.47 Å². The number of carbonyl (C=O) groups is 1. The van der Waals surface area contributed by atoms with Gasteiger partial charge in [0.05, 0.1) is 0 Å². The van der Waals surface area contributed by atoms with Crippen LogP contribution in [-0.2, 0) is 4.79 Å². The molecule has 0 aromatic rings. The van der Waals surface area contributed by atoms with Gasteiger partial charge in [-0.2, -0.15) is 0 Å². The van der Waals surface area contributed by atoms with Gasteiger partial charge < -0.3 is 5.11 Å². The number of carboxylic acid groups (broad SMARTS) is 1. The smallest absolute Gasteiger partial charge is 0.290 e. The number of unbranched alkanes of at least 4 members (excludes halogenated alkanes) is 9. The topological polar surface area (TPSA) is 37.3 Å². The average Bonchev–Trinajstić information content (AvgIpc) is 2.23. The molecule has 1 N–H and O–H groups in total. The van der Waals surface area contributed by atoms with Crippen molar-refractivity contribution in [2.24, 2.45) is 0 Å². The zero-order valence-electron chi connectivity index (χ0n) is 10.9. The van der Waals surface area contributed by atoms with E-state index in [-0.39, 0.29) is 11.2 Å². The molecule has 16 heavy (non-hydrogen) atoms. The van der Waals surface area contributed by atoms with Crippen LogP contribution in [0.25, 0.3) is 0 Å². The molecule has 3 heteroatoms. The quantitative estimate of drug-likeness (QED) is 0.462. The Kier molecular flexibility index (Phi) is 31.0. The summed E-state index contributed by atoms with van der Waals surface area (Å²) in [5, 5.41) is 6.89. The van der Waals surface area contributed by atoms with E-state index in [1.165, 1.54) is 64.2 Å². The molecule has 0 fully saturated rings. The Morgan fingerprint density at radius 1 is 0.750 bits per heavy atom. The molecular formula is C13H29FO2. The van der Waals surface area contributed by atoms with E-state index in [0.717, 1.165) is 0 Å². The van der Waals surface area contributed by atoms with Crippen LogP contribution in [0.1, 0.15) is 78.1 Å². The summed E-state index contributed by atoms with van der Waals surface area (Å²) in [6, 6.07) is 0. The van der Waals surface area contributed by atoms with Gasteiger partial charge in [0.1, 0.15) is 0 Å². The van der Waals surface area contributed by atoms with Gasteiger partial charge in [0.2, 0.25) is 0 Å². The van der Waals surface area contributed by atoms with Crippen molar-refractivity contribution in [3.05, 3.63) is 0 Å². The van der Waals surface area contributed by atoms with Gasteiger partial charge >= 0.3 is 0 Å². The molecule has 0 aliphatic carbocycles. The van der Waals surface area contributed by atoms with E-state index >= 15 is 0 Å². The maximum atomic E-state index is 8.36. The van der Waals surface area contributed by atoms with E-state index in [1.807, 2.05) is 0 Å². The zero-order valence-corrected chi connectivity index (χ0v) is 10.9. The van der Waals surface area contributed by atoms with E-state index in [1.54, 1.807) is 0 Å². The second-order valence-electron chi connectivity index (χ2n) is 3.93. The molecule has 0 amide bonds. The van der Waals surface area contributed by atoms with Gasteiger partial charge in [-0.25, -0.2) is 0 Å². The molecule has 0 spiro atoms. The van der Waals surface area contributed by atoms with Gasteiger partial charge in [-0.3, -0.25) is 9.50 Å². The summed E-state index contributed by atoms with van der Waals surface area (Å²) in [6.45, 7) is 4.31. The molecule has 0 aromatic heterocycles. The van der Waals surface area contributed by atoms with Crippen molar-refractivity contribution in [1.82, 2.24) is 0 Å². The molecule has 0 heterocycles. The third-order valence-corrected chi connectivity index (χ3v) is 2.46. The highest BCUT2D eigenvalue weighted by atomic mass is 19.0. The first-order valence-corrected chi connectivity index (χ1v) is 6.41. The molecule has 0 saturated heterocycles. The van der Waals surface area contributed by atoms with Crippen molar-refractivity contribution in [3.8, 4) is 0 Å². The highest BCUT2D eigenvalue weighted by Crippen LogP contribution is 2.09. The van der Waals surface area contributed by atoms with Crippen molar-refractivity contribution < 1.29 is 14.6 Å². The molecule has 0 radical (unpaired) electrons. The van der Waals surface area contributed by atoms with Crippen LogP contribution >= 0.6 is 0 Å². The summed E-state index contributed by atoms with van der Waals surface area (Å²) < 4.78 is 0. The monoisotopic (exact) mass is 236 g/mol. The van der Waals surface area contributed by atoms with Gasteiger partial charge in [0, 0.05) is 0 Å². The van der Waals surface area contributed by atoms with Crippen LogP contribution in [0.4, 0.5) is 4.70 Å². The maximum Gasteiger partial charge on any atom is 0.290 e. The number of hydrogen-bond donors (Lipinski definition) is 1. The predicted octanol–water partition coefficient (Wildman–Crippen LogP) is 4.78. The second-order valence-corrected chi connectivity index (χ2v) is 3.93. The van der Waals surface area contributed by atoms with Crippen molar-refractivity contribution in [2.75, 3.05) is 0 Å². The maximum absolute atomic E-state index is 8.36. The summed E-state index contributed by atoms with van der Waals surface area (Å²) in [5.41, 5.74) is 0. The lowest BCUT2D eigenvalue weighted by Crippen LogP contribution is -1.80. The molecular weight excluding hydrogens is 207 g/mol. The molecule has 0 aliphatic rings. The minimum atomic E-state index is -0.250. The first-order valence-electron chi connectivity index (χ1n) is 6.41. The molecule has 0 unspecified atom stereocenters. The molecule has 0 rings (SSSR count). The largest absolute Gasteiger partial charge is 0.483 e. The van der Waals surface area contributed by atoms with Gasteiger partial charge in [0.25, 0.3) is 6.47 Å². The zero-order chi connectivity index (χ0) is 11.8. The first kappa shape index (κ1) is 20.8. The highest BCUT2D eigenvalue weighted by molar-refractivity contribution is 5.32. The molecule has 100 valence electrons. The molecule has 2 nitrogen and oxygen atoms in total. The van der Waals surface area contributed by atoms with Crippen LogP contribution < -0.4 is 0 Å². The molecule has 0 bridgehead atoms. The second kappa shape index (κ2) is 23.9. The fourth-order valence-electron chi connectivity index (χ4n) is 1.56. The Balaban J connectivity index is -0.000000377. The standard InChI is InChI=1S/C12H26.CH2O2.FH/c1-3-5-7-9-11-12-10-8-6-4-2;2-1-3;/h3-12H2,1-2H3;1H,(H,2,3);1H. The molecule has 0 saturated carbocycles. The van der Waals surface area contributed by atoms with E-state index in [2.05, 4.69) is 13.8 Å². The fourth-order valence-corrected chi connectivity index (χ4v) is 1.56. The van der Waals surface area contributed by atoms with Crippen LogP contribution in [0.15, 0.2) is 0 Å². The lowest BCUT2D eigenvalue weighted by Gasteiger charge is -1.99. The molecule has 0 aromatic carbocycles. The van der Waals surface area contributed by atoms with Crippen LogP contribution in [0.5, 0.6) is 0 Å². The molecule has 0 atom stereocenters. The predicted molar refractivity (Wildman–Crippen MR) is 68.7 cm³/mol. The lowest BCUT2D eigenvalue weighted by molar-refractivity contribution is -0.122. The van der Waals surface area contributed by atoms with Crippen molar-refractivity contribution in [1.29, 1.82) is 0 Å². The number of hydrogen-bond acceptors (Lipinski definition) is 1. The number of rotatable bonds is 9. The minimum Gasteiger partial charge on any atom is -0.483 e. The van der Waals surface area contributed by atoms with E-state index < -0.39 is 0 Å². The minimum absolute atomic E-state index is 0. The Hall–Kier alpha value is -0.600. The van der Waals surface area contributed by atoms with Crippen molar-refractivity contribution in [3.63, 3.8) is 0 Å². The van der Waals surface area contributed by atoms with Gasteiger partial charge in [0.15, 0.2) is 0 Å². The van der Waals surface area contributed by atoms with E-state index in [9.17, 15) is 0 Å². The van der Waals surface area contributed by atoms with Gasteiger partial charge in [-0.1, -0.05) is 78.1 Å². The Bertz CT molecular complexity index is 98.1. The SMILES string of the molecule is CCCCCCCCCCCC.F.O=CO. The third kappa shape index (κ3) is 29.2. The summed E-state index contributed by atoms with van der Waals surface area (Å²) in [6.07, 6.45) is 14.4. The summed E-state index contributed by atoms with van der Waals surface area (Å²) in [5.74, 6) is 0. The Labute approximate surface area is 99.8 Å². The first-order chi connectivity index (χ1) is 7.33. The molecule has 0 aliphatic heterocycles. The Morgan fingerprint density at radius 2 is 0.938 bits per heavy atom. The van der Waals surface area contributed by atoms with Gasteiger partial charge in [-0.15, -0.1) is 0 Å². The Morgan fingerprint density at radius 3 is 1.12 bits per heavy atom. The van der Waals surface area contributed by atoms with Crippen LogP contribution in [0.3, 0.4) is 0 Å². The van der Waals surface area contributed by atoms with E-state index in [4.69, 9.17) is 9.90 Å². The van der Waals surface area contributed by atoms with E-state index in [0.29, 0.717) is 0 Å². The van der Waals surface area contributed by atoms with Crippen LogP contribution in [0, 0.1) is 0 Å². The summed E-state index contributed by atoms with van der Waals surface area (Å²) in [4.78, 5) is 8.36. The fraction of sp³-hybridized carbons (Fsp3) is 0.923. The summed E-state index contributed by atoms with van der Waals surface area (Å²) in [7, 11) is 0. The number of halogens is 1. The van der Waals surface area contributed by atoms with Gasteiger partial charge in [-0.05, 0) is 0 Å². The summed E-state index contributed by atoms with van der Waals surface area (Å²) >= 11 is 0. The average molecular weight is 236 g/mol. The van der Waals surface area contributed by atoms with Crippen LogP contribution in [-0.4, -0.2) is 11.6 Å². The third-order valence-electron chi connectivity index (χ3n) is 2.46. The van der Waals surface area contributed by atoms with Crippen molar-refractivity contribution in [2.45, 2.75) is 78.1 Å². The normalized spacial score (nSPS) is 8.62. The lowest BCUT2D eigenvalue weighted by atomic mass is 10.1. The highest BCUT2D eigenvalue weighted by Gasteiger charge is 1.90. The van der Waals surface area contributed by atoms with Crippen LogP contribution in [0.2, 0.25) is 0 Å².